The third kappa shape index (κ3) is 1.55. The van der Waals surface area contributed by atoms with Gasteiger partial charge in [0.25, 0.3) is 0 Å². The first-order valence-corrected chi connectivity index (χ1v) is 6.17. The predicted octanol–water partition coefficient (Wildman–Crippen LogP) is 1.68. The summed E-state index contributed by atoms with van der Waals surface area (Å²) in [7, 11) is 0. The summed E-state index contributed by atoms with van der Waals surface area (Å²) in [6, 6.07) is 5.52. The van der Waals surface area contributed by atoms with Crippen molar-refractivity contribution in [3.63, 3.8) is 0 Å². The lowest BCUT2D eigenvalue weighted by atomic mass is 10.2. The molecule has 0 N–H and O–H groups in total. The molecule has 0 saturated heterocycles. The Morgan fingerprint density at radius 3 is 3.06 bits per heavy atom. The topological polar surface area (TPSA) is 79.8 Å². The molecule has 0 aliphatic carbocycles. The lowest BCUT2D eigenvalue weighted by Crippen LogP contribution is -1.91. The number of rotatable bonds is 2. The largest absolute Gasteiger partial charge is 0.282 e. The van der Waals surface area contributed by atoms with Crippen molar-refractivity contribution in [1.29, 1.82) is 5.26 Å². The second-order valence-electron chi connectivity index (χ2n) is 3.68. The van der Waals surface area contributed by atoms with Crippen LogP contribution in [0.1, 0.15) is 18.2 Å². The van der Waals surface area contributed by atoms with Crippen LogP contribution in [0, 0.1) is 11.3 Å². The fourth-order valence-corrected chi connectivity index (χ4v) is 2.46. The molecular formula is C11H8N6S. The average Bonchev–Trinajstić information content (AvgIpc) is 3.03. The summed E-state index contributed by atoms with van der Waals surface area (Å²) in [4.78, 5) is 0.926. The molecule has 0 spiro atoms. The quantitative estimate of drug-likeness (QED) is 0.697. The van der Waals surface area contributed by atoms with Gasteiger partial charge in [-0.05, 0) is 24.0 Å². The van der Waals surface area contributed by atoms with Crippen molar-refractivity contribution < 1.29 is 0 Å². The average molecular weight is 256 g/mol. The Kier molecular flexibility index (Phi) is 2.50. The maximum absolute atomic E-state index is 8.84. The van der Waals surface area contributed by atoms with Gasteiger partial charge in [-0.2, -0.15) is 5.26 Å². The number of hydrogen-bond donors (Lipinski definition) is 0. The minimum Gasteiger partial charge on any atom is -0.282 e. The molecule has 0 amide bonds. The Hall–Kier alpha value is -2.33. The number of aryl methyl sites for hydroxylation is 1. The number of nitrogens with zero attached hydrogens (tertiary/aromatic N) is 6. The monoisotopic (exact) mass is 256 g/mol. The van der Waals surface area contributed by atoms with E-state index < -0.39 is 0 Å². The molecule has 0 saturated carbocycles. The fraction of sp³-hybridized carbons (Fsp3) is 0.182. The van der Waals surface area contributed by atoms with Crippen molar-refractivity contribution >= 4 is 17.2 Å². The Morgan fingerprint density at radius 1 is 1.39 bits per heavy atom. The summed E-state index contributed by atoms with van der Waals surface area (Å²) >= 11 is 1.31. The van der Waals surface area contributed by atoms with Crippen LogP contribution in [0.3, 0.4) is 0 Å². The summed E-state index contributed by atoms with van der Waals surface area (Å²) in [6.07, 6.45) is 2.60. The van der Waals surface area contributed by atoms with E-state index in [0.29, 0.717) is 11.2 Å². The van der Waals surface area contributed by atoms with Crippen LogP contribution >= 0.6 is 11.5 Å². The Balaban J connectivity index is 2.22. The summed E-state index contributed by atoms with van der Waals surface area (Å²) in [5.41, 5.74) is 2.14. The Morgan fingerprint density at radius 2 is 2.28 bits per heavy atom. The first kappa shape index (κ1) is 10.8. The fourth-order valence-electron chi connectivity index (χ4n) is 1.72. The molecule has 88 valence electrons. The van der Waals surface area contributed by atoms with E-state index >= 15 is 0 Å². The highest BCUT2D eigenvalue weighted by molar-refractivity contribution is 7.09. The van der Waals surface area contributed by atoms with E-state index in [4.69, 9.17) is 5.26 Å². The minimum atomic E-state index is 0.569. The van der Waals surface area contributed by atoms with E-state index in [1.165, 1.54) is 11.5 Å². The van der Waals surface area contributed by atoms with Crippen LogP contribution in [0.15, 0.2) is 18.3 Å². The molecule has 18 heavy (non-hydrogen) atoms. The molecule has 0 unspecified atom stereocenters. The van der Waals surface area contributed by atoms with E-state index in [0.717, 1.165) is 22.8 Å². The number of nitriles is 1. The Bertz CT molecular complexity index is 750. The van der Waals surface area contributed by atoms with Gasteiger partial charge >= 0.3 is 0 Å². The predicted molar refractivity (Wildman–Crippen MR) is 66.0 cm³/mol. The molecule has 3 rings (SSSR count). The van der Waals surface area contributed by atoms with Crippen LogP contribution in [-0.4, -0.2) is 24.2 Å². The van der Waals surface area contributed by atoms with Gasteiger partial charge in [0.05, 0.1) is 17.3 Å². The summed E-state index contributed by atoms with van der Waals surface area (Å²) < 4.78 is 5.79. The van der Waals surface area contributed by atoms with Gasteiger partial charge in [0.1, 0.15) is 4.88 Å². The van der Waals surface area contributed by atoms with E-state index in [1.807, 2.05) is 11.3 Å². The van der Waals surface area contributed by atoms with Crippen molar-refractivity contribution in [2.45, 2.75) is 13.3 Å². The van der Waals surface area contributed by atoms with Gasteiger partial charge in [0.15, 0.2) is 11.5 Å². The SMILES string of the molecule is CCc1nnsc1-c1nnc2cc(C#N)ccn12. The molecular weight excluding hydrogens is 248 g/mol. The standard InChI is InChI=1S/C11H8N6S/c1-2-8-10(18-16-13-8)11-15-14-9-5-7(6-12)3-4-17(9)11/h3-5H,2H2,1H3. The number of aromatic nitrogens is 5. The van der Waals surface area contributed by atoms with E-state index in [9.17, 15) is 0 Å². The molecule has 3 aromatic rings. The molecule has 0 atom stereocenters. The van der Waals surface area contributed by atoms with Crippen LogP contribution in [0.4, 0.5) is 0 Å². The van der Waals surface area contributed by atoms with Crippen molar-refractivity contribution in [3.8, 4) is 16.8 Å². The normalized spacial score (nSPS) is 10.7. The highest BCUT2D eigenvalue weighted by Crippen LogP contribution is 2.25. The van der Waals surface area contributed by atoms with Gasteiger partial charge in [0, 0.05) is 12.3 Å². The maximum atomic E-state index is 8.84. The van der Waals surface area contributed by atoms with E-state index in [1.54, 1.807) is 18.3 Å². The lowest BCUT2D eigenvalue weighted by Gasteiger charge is -1.98. The first-order valence-electron chi connectivity index (χ1n) is 5.40. The van der Waals surface area contributed by atoms with E-state index in [-0.39, 0.29) is 0 Å². The number of hydrogen-bond acceptors (Lipinski definition) is 6. The zero-order chi connectivity index (χ0) is 12.5. The molecule has 0 aliphatic heterocycles. The lowest BCUT2D eigenvalue weighted by molar-refractivity contribution is 0.985. The molecule has 7 heteroatoms. The minimum absolute atomic E-state index is 0.569. The highest BCUT2D eigenvalue weighted by Gasteiger charge is 2.15. The first-order chi connectivity index (χ1) is 8.83. The van der Waals surface area contributed by atoms with Crippen molar-refractivity contribution in [2.24, 2.45) is 0 Å². The number of fused-ring (bicyclic) bond motifs is 1. The maximum Gasteiger partial charge on any atom is 0.182 e. The second-order valence-corrected chi connectivity index (χ2v) is 4.44. The van der Waals surface area contributed by atoms with Crippen molar-refractivity contribution in [1.82, 2.24) is 24.2 Å². The highest BCUT2D eigenvalue weighted by atomic mass is 32.1. The molecule has 0 aromatic carbocycles. The van der Waals surface area contributed by atoms with Gasteiger partial charge in [0.2, 0.25) is 0 Å². The third-order valence-corrected chi connectivity index (χ3v) is 3.40. The summed E-state index contributed by atoms with van der Waals surface area (Å²) in [6.45, 7) is 2.03. The van der Waals surface area contributed by atoms with Gasteiger partial charge in [-0.25, -0.2) is 0 Å². The number of pyridine rings is 1. The molecule has 6 nitrogen and oxygen atoms in total. The van der Waals surface area contributed by atoms with Crippen molar-refractivity contribution in [3.05, 3.63) is 29.6 Å². The van der Waals surface area contributed by atoms with Crippen LogP contribution in [0.2, 0.25) is 0 Å². The third-order valence-electron chi connectivity index (χ3n) is 2.63. The van der Waals surface area contributed by atoms with Crippen LogP contribution in [0.25, 0.3) is 16.3 Å². The second kappa shape index (κ2) is 4.16. The van der Waals surface area contributed by atoms with Gasteiger partial charge < -0.3 is 0 Å². The van der Waals surface area contributed by atoms with Crippen molar-refractivity contribution in [2.75, 3.05) is 0 Å². The zero-order valence-electron chi connectivity index (χ0n) is 9.53. The molecule has 3 aromatic heterocycles. The summed E-state index contributed by atoms with van der Waals surface area (Å²) in [5.74, 6) is 0.723. The molecule has 0 radical (unpaired) electrons. The molecule has 0 aliphatic rings. The van der Waals surface area contributed by atoms with Crippen LogP contribution < -0.4 is 0 Å². The van der Waals surface area contributed by atoms with Gasteiger partial charge in [-0.15, -0.1) is 15.3 Å². The van der Waals surface area contributed by atoms with Crippen LogP contribution in [-0.2, 0) is 6.42 Å². The zero-order valence-corrected chi connectivity index (χ0v) is 10.3. The van der Waals surface area contributed by atoms with Gasteiger partial charge in [-0.1, -0.05) is 11.4 Å². The Labute approximate surface area is 107 Å². The molecule has 0 fully saturated rings. The van der Waals surface area contributed by atoms with Crippen LogP contribution in [0.5, 0.6) is 0 Å². The van der Waals surface area contributed by atoms with E-state index in [2.05, 4.69) is 25.9 Å². The smallest absolute Gasteiger partial charge is 0.182 e. The molecule has 0 bridgehead atoms. The summed E-state index contributed by atoms with van der Waals surface area (Å²) in [5, 5.41) is 21.1. The molecule has 3 heterocycles. The van der Waals surface area contributed by atoms with Gasteiger partial charge in [-0.3, -0.25) is 4.40 Å².